The maximum absolute atomic E-state index is 10.6. The fourth-order valence-corrected chi connectivity index (χ4v) is 4.70. The van der Waals surface area contributed by atoms with Crippen molar-refractivity contribution in [1.29, 1.82) is 0 Å². The molecule has 0 bridgehead atoms. The third-order valence-electron chi connectivity index (χ3n) is 6.53. The largest absolute Gasteiger partial charge is 0.395 e. The minimum atomic E-state index is -0.267. The average Bonchev–Trinajstić information content (AvgIpc) is 3.49. The summed E-state index contributed by atoms with van der Waals surface area (Å²) in [5, 5.41) is 23.0. The first-order chi connectivity index (χ1) is 16.6. The number of pyridine rings is 1. The molecule has 0 radical (unpaired) electrons. The number of benzene rings is 1. The van der Waals surface area contributed by atoms with Crippen LogP contribution in [0.25, 0.3) is 5.65 Å². The zero-order chi connectivity index (χ0) is 23.5. The van der Waals surface area contributed by atoms with Gasteiger partial charge in [-0.25, -0.2) is 4.52 Å². The Hall–Kier alpha value is -3.43. The summed E-state index contributed by atoms with van der Waals surface area (Å²) in [5.74, 6) is 0.477. The zero-order valence-corrected chi connectivity index (χ0v) is 19.4. The molecule has 0 spiro atoms. The smallest absolute Gasteiger partial charge is 0.247 e. The van der Waals surface area contributed by atoms with Crippen LogP contribution in [-0.4, -0.2) is 55.5 Å². The molecule has 0 aliphatic carbocycles. The lowest BCUT2D eigenvalue weighted by atomic mass is 9.73. The standard InChI is InChI=1S/C24H26ClN7O2/c25-19-6-4-18(5-7-19)24(17-34)8-12-30(13-9-24)21-3-1-11-32-22(21)28-23(29-32)27-20-15-26-31(16-20)10-2-14-33/h1,3-7,11,14-16,34H,2,8-10,12-13,17H2,(H,27,29). The molecule has 176 valence electrons. The Morgan fingerprint density at radius 1 is 1.18 bits per heavy atom. The Kier molecular flexibility index (Phi) is 6.21. The molecule has 10 heteroatoms. The minimum Gasteiger partial charge on any atom is -0.395 e. The lowest BCUT2D eigenvalue weighted by molar-refractivity contribution is -0.108. The van der Waals surface area contributed by atoms with Crippen molar-refractivity contribution in [3.63, 3.8) is 0 Å². The Morgan fingerprint density at radius 3 is 2.71 bits per heavy atom. The Balaban J connectivity index is 1.33. The van der Waals surface area contributed by atoms with E-state index in [1.54, 1.807) is 15.4 Å². The molecule has 4 heterocycles. The second kappa shape index (κ2) is 9.44. The first-order valence-electron chi connectivity index (χ1n) is 11.3. The predicted octanol–water partition coefficient (Wildman–Crippen LogP) is 3.44. The molecule has 1 aliphatic heterocycles. The summed E-state index contributed by atoms with van der Waals surface area (Å²) in [6, 6.07) is 11.8. The van der Waals surface area contributed by atoms with Gasteiger partial charge in [0, 0.05) is 48.9 Å². The van der Waals surface area contributed by atoms with Crippen molar-refractivity contribution in [3.8, 4) is 0 Å². The molecule has 9 nitrogen and oxygen atoms in total. The summed E-state index contributed by atoms with van der Waals surface area (Å²) in [4.78, 5) is 17.6. The number of aliphatic hydroxyl groups excluding tert-OH is 1. The number of piperidine rings is 1. The van der Waals surface area contributed by atoms with Gasteiger partial charge in [0.1, 0.15) is 6.29 Å². The number of hydrogen-bond donors (Lipinski definition) is 2. The van der Waals surface area contributed by atoms with Crippen LogP contribution in [0.2, 0.25) is 5.02 Å². The van der Waals surface area contributed by atoms with E-state index in [9.17, 15) is 9.90 Å². The van der Waals surface area contributed by atoms with Crippen LogP contribution in [0, 0.1) is 0 Å². The van der Waals surface area contributed by atoms with E-state index in [2.05, 4.69) is 26.5 Å². The predicted molar refractivity (Wildman–Crippen MR) is 131 cm³/mol. The van der Waals surface area contributed by atoms with E-state index in [-0.39, 0.29) is 12.0 Å². The molecule has 3 aromatic heterocycles. The summed E-state index contributed by atoms with van der Waals surface area (Å²) < 4.78 is 3.47. The van der Waals surface area contributed by atoms with E-state index in [0.717, 1.165) is 54.8 Å². The number of aldehydes is 1. The van der Waals surface area contributed by atoms with Gasteiger partial charge < -0.3 is 20.1 Å². The molecule has 4 aromatic rings. The normalized spacial score (nSPS) is 15.5. The summed E-state index contributed by atoms with van der Waals surface area (Å²) in [7, 11) is 0. The number of nitrogens with one attached hydrogen (secondary N) is 1. The molecule has 1 fully saturated rings. The molecule has 0 atom stereocenters. The van der Waals surface area contributed by atoms with Crippen molar-refractivity contribution < 1.29 is 9.90 Å². The fraction of sp³-hybridized carbons (Fsp3) is 0.333. The highest BCUT2D eigenvalue weighted by molar-refractivity contribution is 6.30. The van der Waals surface area contributed by atoms with Crippen molar-refractivity contribution in [2.45, 2.75) is 31.2 Å². The van der Waals surface area contributed by atoms with E-state index in [0.29, 0.717) is 23.9 Å². The average molecular weight is 480 g/mol. The van der Waals surface area contributed by atoms with Crippen LogP contribution in [-0.2, 0) is 16.8 Å². The van der Waals surface area contributed by atoms with Crippen LogP contribution in [0.15, 0.2) is 55.0 Å². The topological polar surface area (TPSA) is 101 Å². The highest BCUT2D eigenvalue weighted by atomic mass is 35.5. The number of fused-ring (bicyclic) bond motifs is 1. The number of hydrogen-bond acceptors (Lipinski definition) is 7. The van der Waals surface area contributed by atoms with Gasteiger partial charge in [0.15, 0.2) is 5.65 Å². The van der Waals surface area contributed by atoms with Crippen molar-refractivity contribution >= 4 is 40.9 Å². The number of aromatic nitrogens is 5. The highest BCUT2D eigenvalue weighted by Gasteiger charge is 2.36. The van der Waals surface area contributed by atoms with Crippen molar-refractivity contribution in [2.24, 2.45) is 0 Å². The first-order valence-corrected chi connectivity index (χ1v) is 11.7. The molecule has 0 amide bonds. The summed E-state index contributed by atoms with van der Waals surface area (Å²) in [5.41, 5.74) is 3.39. The summed E-state index contributed by atoms with van der Waals surface area (Å²) in [6.07, 6.45) is 8.33. The van der Waals surface area contributed by atoms with Gasteiger partial charge in [0.25, 0.3) is 0 Å². The monoisotopic (exact) mass is 479 g/mol. The molecule has 2 N–H and O–H groups in total. The van der Waals surface area contributed by atoms with E-state index in [4.69, 9.17) is 16.6 Å². The molecule has 1 aromatic carbocycles. The molecular weight excluding hydrogens is 454 g/mol. The second-order valence-corrected chi connectivity index (χ2v) is 9.04. The van der Waals surface area contributed by atoms with Crippen LogP contribution in [0.1, 0.15) is 24.8 Å². The van der Waals surface area contributed by atoms with Crippen molar-refractivity contribution in [1.82, 2.24) is 24.4 Å². The SMILES string of the molecule is O=CCCn1cc(Nc2nc3c(N4CCC(CO)(c5ccc(Cl)cc5)CC4)cccn3n2)cn1. The first kappa shape index (κ1) is 22.4. The Labute approximate surface area is 202 Å². The van der Waals surface area contributed by atoms with Crippen LogP contribution < -0.4 is 10.2 Å². The van der Waals surface area contributed by atoms with Gasteiger partial charge in [0.05, 0.1) is 24.2 Å². The van der Waals surface area contributed by atoms with E-state index >= 15 is 0 Å². The van der Waals surface area contributed by atoms with Gasteiger partial charge in [0.2, 0.25) is 5.95 Å². The van der Waals surface area contributed by atoms with Gasteiger partial charge in [-0.1, -0.05) is 23.7 Å². The number of carbonyl (C=O) groups is 1. The number of carbonyl (C=O) groups excluding carboxylic acids is 1. The van der Waals surface area contributed by atoms with Gasteiger partial charge in [-0.05, 0) is 42.7 Å². The number of aryl methyl sites for hydroxylation is 1. The van der Waals surface area contributed by atoms with E-state index < -0.39 is 0 Å². The molecule has 1 aliphatic rings. The lowest BCUT2D eigenvalue weighted by Crippen LogP contribution is -2.45. The van der Waals surface area contributed by atoms with Crippen LogP contribution in [0.4, 0.5) is 17.3 Å². The molecule has 5 rings (SSSR count). The van der Waals surface area contributed by atoms with E-state index in [1.165, 1.54) is 0 Å². The second-order valence-electron chi connectivity index (χ2n) is 8.60. The van der Waals surface area contributed by atoms with Crippen LogP contribution in [0.3, 0.4) is 0 Å². The van der Waals surface area contributed by atoms with Gasteiger partial charge in [-0.15, -0.1) is 5.10 Å². The molecule has 0 unspecified atom stereocenters. The van der Waals surface area contributed by atoms with E-state index in [1.807, 2.05) is 42.7 Å². The number of halogens is 1. The van der Waals surface area contributed by atoms with Gasteiger partial charge in [-0.3, -0.25) is 4.68 Å². The van der Waals surface area contributed by atoms with Crippen LogP contribution >= 0.6 is 11.6 Å². The third-order valence-corrected chi connectivity index (χ3v) is 6.78. The Bertz CT molecular complexity index is 1280. The number of nitrogens with zero attached hydrogens (tertiary/aromatic N) is 6. The van der Waals surface area contributed by atoms with Gasteiger partial charge >= 0.3 is 0 Å². The van der Waals surface area contributed by atoms with Gasteiger partial charge in [-0.2, -0.15) is 10.1 Å². The van der Waals surface area contributed by atoms with Crippen LogP contribution in [0.5, 0.6) is 0 Å². The van der Waals surface area contributed by atoms with Crippen molar-refractivity contribution in [2.75, 3.05) is 29.9 Å². The maximum Gasteiger partial charge on any atom is 0.247 e. The fourth-order valence-electron chi connectivity index (χ4n) is 4.57. The highest BCUT2D eigenvalue weighted by Crippen LogP contribution is 2.37. The zero-order valence-electron chi connectivity index (χ0n) is 18.6. The quantitative estimate of drug-likeness (QED) is 0.373. The number of aliphatic hydroxyl groups is 1. The van der Waals surface area contributed by atoms with Crippen molar-refractivity contribution in [3.05, 3.63) is 65.6 Å². The lowest BCUT2D eigenvalue weighted by Gasteiger charge is -2.42. The summed E-state index contributed by atoms with van der Waals surface area (Å²) in [6.45, 7) is 2.23. The minimum absolute atomic E-state index is 0.103. The number of rotatable bonds is 8. The summed E-state index contributed by atoms with van der Waals surface area (Å²) >= 11 is 6.06. The molecule has 34 heavy (non-hydrogen) atoms. The third kappa shape index (κ3) is 4.36. The molecule has 1 saturated heterocycles. The maximum atomic E-state index is 10.6. The Morgan fingerprint density at radius 2 is 1.97 bits per heavy atom. The molecule has 0 saturated carbocycles. The molecular formula is C24H26ClN7O2. The number of anilines is 3.